The number of carbonyl (C=O) groups excluding carboxylic acids is 1. The Morgan fingerprint density at radius 2 is 1.82 bits per heavy atom. The maximum absolute atomic E-state index is 13.5. The van der Waals surface area contributed by atoms with Crippen LogP contribution in [-0.2, 0) is 17.9 Å². The Morgan fingerprint density at radius 3 is 2.47 bits per heavy atom. The van der Waals surface area contributed by atoms with Crippen LogP contribution in [-0.4, -0.2) is 44.8 Å². The van der Waals surface area contributed by atoms with Gasteiger partial charge in [-0.2, -0.15) is 10.1 Å². The second-order valence-corrected chi connectivity index (χ2v) is 8.50. The predicted octanol–water partition coefficient (Wildman–Crippen LogP) is 3.72. The van der Waals surface area contributed by atoms with Crippen molar-refractivity contribution in [3.63, 3.8) is 0 Å². The molecule has 1 N–H and O–H groups in total. The van der Waals surface area contributed by atoms with Crippen molar-refractivity contribution in [2.24, 2.45) is 0 Å². The molecule has 8 nitrogen and oxygen atoms in total. The van der Waals surface area contributed by atoms with Crippen LogP contribution in [0.1, 0.15) is 38.3 Å². The van der Waals surface area contributed by atoms with Crippen LogP contribution in [0, 0.1) is 17.5 Å². The molecular formula is C23H26F3N7O. The molecule has 11 heteroatoms. The fraction of sp³-hybridized carbons (Fsp3) is 0.391. The Bertz CT molecular complexity index is 1190. The number of anilines is 3. The lowest BCUT2D eigenvalue weighted by Crippen LogP contribution is -2.54. The van der Waals surface area contributed by atoms with Crippen molar-refractivity contribution < 1.29 is 18.0 Å². The summed E-state index contributed by atoms with van der Waals surface area (Å²) in [5.74, 6) is -2.85. The summed E-state index contributed by atoms with van der Waals surface area (Å²) in [5, 5.41) is 7.35. The van der Waals surface area contributed by atoms with Gasteiger partial charge in [0.2, 0.25) is 11.9 Å². The zero-order valence-corrected chi connectivity index (χ0v) is 19.4. The van der Waals surface area contributed by atoms with E-state index in [2.05, 4.69) is 20.4 Å². The van der Waals surface area contributed by atoms with E-state index in [-0.39, 0.29) is 30.1 Å². The number of hydrogen-bond donors (Lipinski definition) is 1. The van der Waals surface area contributed by atoms with Gasteiger partial charge < -0.3 is 15.1 Å². The topological polar surface area (TPSA) is 79.2 Å². The highest BCUT2D eigenvalue weighted by atomic mass is 19.2. The molecule has 0 unspecified atom stereocenters. The second kappa shape index (κ2) is 9.32. The molecule has 3 heterocycles. The van der Waals surface area contributed by atoms with Gasteiger partial charge in [0.25, 0.3) is 0 Å². The minimum atomic E-state index is -1.49. The third-order valence-corrected chi connectivity index (χ3v) is 5.78. The number of likely N-dealkylation sites (N-methyl/N-ethyl adjacent to an activating group) is 1. The van der Waals surface area contributed by atoms with E-state index < -0.39 is 17.5 Å². The molecule has 0 radical (unpaired) electrons. The summed E-state index contributed by atoms with van der Waals surface area (Å²) in [6.45, 7) is 6.47. The summed E-state index contributed by atoms with van der Waals surface area (Å²) in [7, 11) is 1.73. The van der Waals surface area contributed by atoms with E-state index in [0.717, 1.165) is 17.7 Å². The van der Waals surface area contributed by atoms with Crippen LogP contribution in [0.15, 0.2) is 30.7 Å². The summed E-state index contributed by atoms with van der Waals surface area (Å²) in [5.41, 5.74) is 1.71. The summed E-state index contributed by atoms with van der Waals surface area (Å²) >= 11 is 0. The number of fused-ring (bicyclic) bond motifs is 1. The molecule has 1 aliphatic heterocycles. The van der Waals surface area contributed by atoms with Crippen LogP contribution in [0.4, 0.5) is 30.6 Å². The highest BCUT2D eigenvalue weighted by Crippen LogP contribution is 2.36. The number of benzene rings is 1. The Balaban J connectivity index is 1.49. The van der Waals surface area contributed by atoms with Gasteiger partial charge in [0.05, 0.1) is 18.9 Å². The van der Waals surface area contributed by atoms with Crippen molar-refractivity contribution >= 4 is 23.4 Å². The maximum Gasteiger partial charge on any atom is 0.249 e. The van der Waals surface area contributed by atoms with Gasteiger partial charge in [-0.25, -0.2) is 18.2 Å². The number of hydrogen-bond acceptors (Lipinski definition) is 6. The maximum atomic E-state index is 13.5. The summed E-state index contributed by atoms with van der Waals surface area (Å²) in [6.07, 6.45) is 5.62. The third kappa shape index (κ3) is 4.42. The van der Waals surface area contributed by atoms with Crippen molar-refractivity contribution in [1.29, 1.82) is 0 Å². The van der Waals surface area contributed by atoms with Crippen LogP contribution in [0.3, 0.4) is 0 Å². The van der Waals surface area contributed by atoms with Crippen LogP contribution in [0.5, 0.6) is 0 Å². The molecule has 0 bridgehead atoms. The lowest BCUT2D eigenvalue weighted by molar-refractivity contribution is -0.120. The first-order valence-electron chi connectivity index (χ1n) is 11.0. The van der Waals surface area contributed by atoms with Gasteiger partial charge in [-0.1, -0.05) is 6.92 Å². The summed E-state index contributed by atoms with van der Waals surface area (Å²) in [6, 6.07) is 1.68. The molecular weight excluding hydrogens is 447 g/mol. The zero-order chi connectivity index (χ0) is 24.6. The van der Waals surface area contributed by atoms with Crippen LogP contribution >= 0.6 is 0 Å². The Morgan fingerprint density at radius 1 is 1.12 bits per heavy atom. The number of amides is 1. The van der Waals surface area contributed by atoms with E-state index in [4.69, 9.17) is 0 Å². The summed E-state index contributed by atoms with van der Waals surface area (Å²) < 4.78 is 41.6. The van der Waals surface area contributed by atoms with Gasteiger partial charge in [0, 0.05) is 31.4 Å². The van der Waals surface area contributed by atoms with E-state index in [1.54, 1.807) is 30.5 Å². The monoisotopic (exact) mass is 473 g/mol. The fourth-order valence-corrected chi connectivity index (χ4v) is 4.11. The minimum Gasteiger partial charge on any atom is -0.350 e. The first-order chi connectivity index (χ1) is 16.2. The van der Waals surface area contributed by atoms with E-state index in [9.17, 15) is 18.0 Å². The van der Waals surface area contributed by atoms with Crippen molar-refractivity contribution in [3.8, 4) is 0 Å². The number of nitrogens with one attached hydrogen (secondary N) is 1. The molecule has 3 aromatic rings. The third-order valence-electron chi connectivity index (χ3n) is 5.78. The number of aromatic nitrogens is 4. The van der Waals surface area contributed by atoms with E-state index in [0.29, 0.717) is 30.4 Å². The average Bonchev–Trinajstić information content (AvgIpc) is 3.25. The van der Waals surface area contributed by atoms with Crippen molar-refractivity contribution in [2.45, 2.75) is 52.4 Å². The van der Waals surface area contributed by atoms with Crippen LogP contribution < -0.4 is 15.1 Å². The molecule has 0 aliphatic carbocycles. The van der Waals surface area contributed by atoms with Crippen molar-refractivity contribution in [3.05, 3.63) is 59.3 Å². The molecule has 0 saturated heterocycles. The standard InChI is InChI=1S/C23H26F3N7O/c1-5-18-22(34)31(4)19-10-28-23(30-21(19)33(18)13(2)3)27-8-15-9-29-32(12-15)11-14-6-16(24)20(26)17(25)7-14/h6-7,9-10,12-13,18H,5,8,11H2,1-4H3,(H,27,28,30)/t18-/m1/s1. The molecule has 4 rings (SSSR count). The molecule has 180 valence electrons. The highest BCUT2D eigenvalue weighted by molar-refractivity contribution is 6.04. The largest absolute Gasteiger partial charge is 0.350 e. The molecule has 0 spiro atoms. The zero-order valence-electron chi connectivity index (χ0n) is 19.4. The van der Waals surface area contributed by atoms with Crippen molar-refractivity contribution in [1.82, 2.24) is 19.7 Å². The van der Waals surface area contributed by atoms with Crippen molar-refractivity contribution in [2.75, 3.05) is 22.2 Å². The van der Waals surface area contributed by atoms with Gasteiger partial charge in [0.1, 0.15) is 11.7 Å². The lowest BCUT2D eigenvalue weighted by atomic mass is 10.1. The molecule has 1 amide bonds. The van der Waals surface area contributed by atoms with Gasteiger partial charge in [-0.3, -0.25) is 9.48 Å². The quantitative estimate of drug-likeness (QED) is 0.527. The summed E-state index contributed by atoms with van der Waals surface area (Å²) in [4.78, 5) is 25.4. The molecule has 34 heavy (non-hydrogen) atoms. The highest BCUT2D eigenvalue weighted by Gasteiger charge is 2.38. The SMILES string of the molecule is CC[C@@H]1C(=O)N(C)c2cnc(NCc3cnn(Cc4cc(F)c(F)c(F)c4)c3)nc2N1C(C)C. The number of halogens is 3. The number of rotatable bonds is 7. The minimum absolute atomic E-state index is 0.0151. The smallest absolute Gasteiger partial charge is 0.249 e. The molecule has 0 saturated carbocycles. The molecule has 1 aliphatic rings. The molecule has 1 aromatic carbocycles. The number of nitrogens with zero attached hydrogens (tertiary/aromatic N) is 6. The lowest BCUT2D eigenvalue weighted by Gasteiger charge is -2.42. The van der Waals surface area contributed by atoms with E-state index >= 15 is 0 Å². The van der Waals surface area contributed by atoms with Gasteiger partial charge in [0.15, 0.2) is 23.3 Å². The van der Waals surface area contributed by atoms with Crippen LogP contribution in [0.2, 0.25) is 0 Å². The molecule has 2 aromatic heterocycles. The number of carbonyl (C=O) groups is 1. The van der Waals surface area contributed by atoms with Gasteiger partial charge in [-0.15, -0.1) is 0 Å². The first-order valence-corrected chi connectivity index (χ1v) is 11.0. The molecule has 1 atom stereocenters. The van der Waals surface area contributed by atoms with E-state index in [1.807, 2.05) is 25.7 Å². The van der Waals surface area contributed by atoms with E-state index in [1.165, 1.54) is 4.68 Å². The average molecular weight is 474 g/mol. The first kappa shape index (κ1) is 23.5. The van der Waals surface area contributed by atoms with Crippen LogP contribution in [0.25, 0.3) is 0 Å². The Kier molecular flexibility index (Phi) is 6.45. The molecule has 0 fully saturated rings. The fourth-order valence-electron chi connectivity index (χ4n) is 4.11. The Labute approximate surface area is 195 Å². The van der Waals surface area contributed by atoms with Gasteiger partial charge >= 0.3 is 0 Å². The van der Waals surface area contributed by atoms with Gasteiger partial charge in [-0.05, 0) is 38.0 Å². The Hall–Kier alpha value is -3.63. The predicted molar refractivity (Wildman–Crippen MR) is 122 cm³/mol. The second-order valence-electron chi connectivity index (χ2n) is 8.50. The normalized spacial score (nSPS) is 15.8.